The molecule has 0 aliphatic carbocycles. The van der Waals surface area contributed by atoms with E-state index in [0.717, 1.165) is 11.3 Å². The Kier molecular flexibility index (Phi) is 5.51. The number of nitrogens with one attached hydrogen (secondary N) is 1. The van der Waals surface area contributed by atoms with Crippen LogP contribution in [0.3, 0.4) is 0 Å². The zero-order chi connectivity index (χ0) is 17.0. The molecule has 0 aliphatic rings. The van der Waals surface area contributed by atoms with Crippen molar-refractivity contribution in [2.75, 3.05) is 11.9 Å². The maximum Gasteiger partial charge on any atom is 0.131 e. The van der Waals surface area contributed by atoms with Gasteiger partial charge < -0.3 is 15.5 Å². The van der Waals surface area contributed by atoms with Gasteiger partial charge in [0.15, 0.2) is 0 Å². The van der Waals surface area contributed by atoms with Crippen molar-refractivity contribution in [3.63, 3.8) is 0 Å². The van der Waals surface area contributed by atoms with Gasteiger partial charge in [0.25, 0.3) is 0 Å². The maximum atomic E-state index is 9.94. The molecule has 2 rings (SSSR count). The molecular formula is C16H21ClN4O2. The lowest BCUT2D eigenvalue weighted by atomic mass is 10.1. The molecule has 124 valence electrons. The topological polar surface area (TPSA) is 91.2 Å². The fourth-order valence-corrected chi connectivity index (χ4v) is 2.14. The molecule has 0 aliphatic heterocycles. The van der Waals surface area contributed by atoms with Crippen LogP contribution >= 0.6 is 11.6 Å². The summed E-state index contributed by atoms with van der Waals surface area (Å²) >= 11 is 5.96. The van der Waals surface area contributed by atoms with Crippen molar-refractivity contribution in [2.45, 2.75) is 38.9 Å². The summed E-state index contributed by atoms with van der Waals surface area (Å²) in [6, 6.07) is 1.71. The van der Waals surface area contributed by atoms with Gasteiger partial charge in [-0.15, -0.1) is 0 Å². The lowest BCUT2D eigenvalue weighted by Crippen LogP contribution is -2.17. The second-order valence-corrected chi connectivity index (χ2v) is 6.35. The molecular weight excluding hydrogens is 316 g/mol. The van der Waals surface area contributed by atoms with Crippen molar-refractivity contribution >= 4 is 17.3 Å². The van der Waals surface area contributed by atoms with Gasteiger partial charge in [-0.25, -0.2) is 4.98 Å². The molecule has 0 saturated carbocycles. The van der Waals surface area contributed by atoms with Crippen LogP contribution in [0.2, 0.25) is 5.15 Å². The molecule has 2 heterocycles. The Morgan fingerprint density at radius 3 is 2.52 bits per heavy atom. The summed E-state index contributed by atoms with van der Waals surface area (Å²) in [5.41, 5.74) is 1.61. The monoisotopic (exact) mass is 336 g/mol. The number of pyridine rings is 1. The first-order valence-electron chi connectivity index (χ1n) is 7.40. The third-order valence-corrected chi connectivity index (χ3v) is 3.51. The number of halogens is 1. The van der Waals surface area contributed by atoms with E-state index >= 15 is 0 Å². The Morgan fingerprint density at radius 2 is 1.96 bits per heavy atom. The van der Waals surface area contributed by atoms with Crippen molar-refractivity contribution in [1.29, 1.82) is 0 Å². The molecule has 0 saturated heterocycles. The molecule has 0 amide bonds. The normalized spacial score (nSPS) is 13.0. The predicted molar refractivity (Wildman–Crippen MR) is 90.3 cm³/mol. The third kappa shape index (κ3) is 4.86. The average molecular weight is 337 g/mol. The van der Waals surface area contributed by atoms with E-state index in [1.807, 2.05) is 0 Å². The Morgan fingerprint density at radius 1 is 1.22 bits per heavy atom. The number of aliphatic hydroxyl groups is 2. The van der Waals surface area contributed by atoms with Crippen LogP contribution in [0.5, 0.6) is 0 Å². The molecule has 7 heteroatoms. The zero-order valence-electron chi connectivity index (χ0n) is 13.4. The molecule has 2 aromatic rings. The predicted octanol–water partition coefficient (Wildman–Crippen LogP) is 2.60. The number of nitrogens with zero attached hydrogens (tertiary/aromatic N) is 3. The van der Waals surface area contributed by atoms with Crippen molar-refractivity contribution in [3.8, 4) is 11.3 Å². The van der Waals surface area contributed by atoms with Gasteiger partial charge >= 0.3 is 0 Å². The standard InChI is InChI=1S/C16H21ClN4O2/c1-10(22)4-5-18-12-6-15(17)21-7-11(12)13-8-20-14(9-19-13)16(2,3)23/h6-10,22-23H,4-5H2,1-3H3,(H,18,21)/t10-/m1/s1. The number of hydrogen-bond acceptors (Lipinski definition) is 6. The van der Waals surface area contributed by atoms with E-state index in [2.05, 4.69) is 20.3 Å². The summed E-state index contributed by atoms with van der Waals surface area (Å²) in [6.07, 6.45) is 5.00. The summed E-state index contributed by atoms with van der Waals surface area (Å²) in [5.74, 6) is 0. The first kappa shape index (κ1) is 17.6. The largest absolute Gasteiger partial charge is 0.393 e. The van der Waals surface area contributed by atoms with Gasteiger partial charge in [0.1, 0.15) is 10.8 Å². The number of aliphatic hydroxyl groups excluding tert-OH is 1. The van der Waals surface area contributed by atoms with Crippen LogP contribution in [-0.2, 0) is 5.60 Å². The highest BCUT2D eigenvalue weighted by Gasteiger charge is 2.18. The molecule has 0 fully saturated rings. The molecule has 3 N–H and O–H groups in total. The lowest BCUT2D eigenvalue weighted by molar-refractivity contribution is 0.0734. The van der Waals surface area contributed by atoms with Gasteiger partial charge in [-0.3, -0.25) is 9.97 Å². The third-order valence-electron chi connectivity index (χ3n) is 3.30. The fraction of sp³-hybridized carbons (Fsp3) is 0.438. The molecule has 0 aromatic carbocycles. The van der Waals surface area contributed by atoms with E-state index < -0.39 is 5.60 Å². The highest BCUT2D eigenvalue weighted by atomic mass is 35.5. The van der Waals surface area contributed by atoms with Crippen LogP contribution in [0, 0.1) is 0 Å². The van der Waals surface area contributed by atoms with E-state index in [0.29, 0.717) is 29.5 Å². The summed E-state index contributed by atoms with van der Waals surface area (Å²) in [5, 5.41) is 22.9. The van der Waals surface area contributed by atoms with E-state index in [1.54, 1.807) is 45.4 Å². The second-order valence-electron chi connectivity index (χ2n) is 5.96. The molecule has 6 nitrogen and oxygen atoms in total. The molecule has 1 atom stereocenters. The highest BCUT2D eigenvalue weighted by Crippen LogP contribution is 2.28. The molecule has 0 bridgehead atoms. The number of aromatic nitrogens is 3. The molecule has 0 radical (unpaired) electrons. The van der Waals surface area contributed by atoms with Crippen molar-refractivity contribution in [2.24, 2.45) is 0 Å². The van der Waals surface area contributed by atoms with Gasteiger partial charge in [0.2, 0.25) is 0 Å². The van der Waals surface area contributed by atoms with Crippen molar-refractivity contribution in [1.82, 2.24) is 15.0 Å². The van der Waals surface area contributed by atoms with Crippen LogP contribution in [0.1, 0.15) is 32.9 Å². The Labute approximate surface area is 140 Å². The number of rotatable bonds is 6. The molecule has 23 heavy (non-hydrogen) atoms. The lowest BCUT2D eigenvalue weighted by Gasteiger charge is -2.16. The van der Waals surface area contributed by atoms with Gasteiger partial charge in [-0.05, 0) is 33.3 Å². The van der Waals surface area contributed by atoms with Gasteiger partial charge in [-0.1, -0.05) is 11.6 Å². The number of anilines is 1. The van der Waals surface area contributed by atoms with Gasteiger partial charge in [-0.2, -0.15) is 0 Å². The van der Waals surface area contributed by atoms with Crippen molar-refractivity contribution in [3.05, 3.63) is 35.5 Å². The SMILES string of the molecule is C[C@@H](O)CCNc1cc(Cl)ncc1-c1cnc(C(C)(C)O)cn1. The minimum atomic E-state index is -1.04. The van der Waals surface area contributed by atoms with E-state index in [-0.39, 0.29) is 6.10 Å². The molecule has 0 unspecified atom stereocenters. The smallest absolute Gasteiger partial charge is 0.131 e. The average Bonchev–Trinajstić information content (AvgIpc) is 2.46. The minimum absolute atomic E-state index is 0.370. The molecule has 2 aromatic heterocycles. The fourth-order valence-electron chi connectivity index (χ4n) is 1.98. The van der Waals surface area contributed by atoms with Gasteiger partial charge in [0.05, 0.1) is 29.9 Å². The van der Waals surface area contributed by atoms with Crippen LogP contribution in [0.4, 0.5) is 5.69 Å². The summed E-state index contributed by atoms with van der Waals surface area (Å²) in [6.45, 7) is 5.65. The summed E-state index contributed by atoms with van der Waals surface area (Å²) in [7, 11) is 0. The summed E-state index contributed by atoms with van der Waals surface area (Å²) < 4.78 is 0. The van der Waals surface area contributed by atoms with E-state index in [9.17, 15) is 10.2 Å². The summed E-state index contributed by atoms with van der Waals surface area (Å²) in [4.78, 5) is 12.7. The van der Waals surface area contributed by atoms with E-state index in [4.69, 9.17) is 11.6 Å². The second kappa shape index (κ2) is 7.21. The Bertz CT molecular complexity index is 654. The Hall–Kier alpha value is -1.76. The quantitative estimate of drug-likeness (QED) is 0.702. The van der Waals surface area contributed by atoms with Crippen LogP contribution in [0.25, 0.3) is 11.3 Å². The van der Waals surface area contributed by atoms with Gasteiger partial charge in [0, 0.05) is 24.0 Å². The minimum Gasteiger partial charge on any atom is -0.393 e. The van der Waals surface area contributed by atoms with Crippen LogP contribution in [-0.4, -0.2) is 37.8 Å². The molecule has 0 spiro atoms. The maximum absolute atomic E-state index is 9.94. The highest BCUT2D eigenvalue weighted by molar-refractivity contribution is 6.29. The van der Waals surface area contributed by atoms with E-state index in [1.165, 1.54) is 0 Å². The van der Waals surface area contributed by atoms with Crippen molar-refractivity contribution < 1.29 is 10.2 Å². The zero-order valence-corrected chi connectivity index (χ0v) is 14.2. The van der Waals surface area contributed by atoms with Crippen LogP contribution < -0.4 is 5.32 Å². The first-order valence-corrected chi connectivity index (χ1v) is 7.78. The van der Waals surface area contributed by atoms with Crippen LogP contribution in [0.15, 0.2) is 24.7 Å². The Balaban J connectivity index is 2.27. The number of hydrogen-bond donors (Lipinski definition) is 3. The first-order chi connectivity index (χ1) is 10.8.